The quantitative estimate of drug-likeness (QED) is 0.921. The Morgan fingerprint density at radius 3 is 2.60 bits per heavy atom. The van der Waals surface area contributed by atoms with E-state index in [9.17, 15) is 17.2 Å². The summed E-state index contributed by atoms with van der Waals surface area (Å²) in [5.41, 5.74) is 0.127. The zero-order chi connectivity index (χ0) is 14.9. The Morgan fingerprint density at radius 1 is 1.35 bits per heavy atom. The first kappa shape index (κ1) is 14.6. The van der Waals surface area contributed by atoms with Crippen molar-refractivity contribution in [2.24, 2.45) is 0 Å². The van der Waals surface area contributed by atoms with Gasteiger partial charge in [-0.15, -0.1) is 0 Å². The number of nitrogens with zero attached hydrogens (tertiary/aromatic N) is 1. The molecule has 1 heterocycles. The lowest BCUT2D eigenvalue weighted by molar-refractivity contribution is -0.0729. The number of sulfonamides is 1. The first-order valence-electron chi connectivity index (χ1n) is 5.89. The van der Waals surface area contributed by atoms with Crippen LogP contribution in [0.5, 0.6) is 0 Å². The highest BCUT2D eigenvalue weighted by Gasteiger charge is 2.33. The molecule has 1 aromatic rings. The summed E-state index contributed by atoms with van der Waals surface area (Å²) in [6, 6.07) is 5.87. The topological polar surface area (TPSA) is 58.6 Å². The highest BCUT2D eigenvalue weighted by Crippen LogP contribution is 2.33. The zero-order valence-electron chi connectivity index (χ0n) is 10.9. The Morgan fingerprint density at radius 2 is 2.00 bits per heavy atom. The number of halogens is 2. The molecule has 0 aliphatic carbocycles. The van der Waals surface area contributed by atoms with Crippen molar-refractivity contribution >= 4 is 15.8 Å². The maximum atomic E-state index is 12.6. The minimum Gasteiger partial charge on any atom is -0.430 e. The lowest BCUT2D eigenvalue weighted by atomic mass is 10.1. The fourth-order valence-corrected chi connectivity index (χ4v) is 3.18. The molecule has 8 heteroatoms. The SMILES string of the molecule is CCN(C)C1=C(OC(F)F)c2ccccc2S(=O)(=O)N1. The summed E-state index contributed by atoms with van der Waals surface area (Å²) in [4.78, 5) is 1.41. The molecular formula is C12H14F2N2O3S. The fraction of sp³-hybridized carbons (Fsp3) is 0.333. The Balaban J connectivity index is 2.67. The third-order valence-corrected chi connectivity index (χ3v) is 4.33. The van der Waals surface area contributed by atoms with Crippen LogP contribution < -0.4 is 4.72 Å². The van der Waals surface area contributed by atoms with Crippen LogP contribution in [0.1, 0.15) is 12.5 Å². The number of nitrogens with one attached hydrogen (secondary N) is 1. The first-order chi connectivity index (χ1) is 9.36. The van der Waals surface area contributed by atoms with Gasteiger partial charge >= 0.3 is 6.61 Å². The van der Waals surface area contributed by atoms with Gasteiger partial charge in [0, 0.05) is 19.2 Å². The van der Waals surface area contributed by atoms with Crippen molar-refractivity contribution < 1.29 is 21.9 Å². The van der Waals surface area contributed by atoms with Crippen LogP contribution in [-0.2, 0) is 14.8 Å². The number of benzene rings is 1. The van der Waals surface area contributed by atoms with Crippen LogP contribution in [0.4, 0.5) is 8.78 Å². The van der Waals surface area contributed by atoms with Gasteiger partial charge in [-0.2, -0.15) is 8.78 Å². The van der Waals surface area contributed by atoms with E-state index in [0.717, 1.165) is 0 Å². The predicted molar refractivity (Wildman–Crippen MR) is 69.1 cm³/mol. The maximum absolute atomic E-state index is 12.6. The van der Waals surface area contributed by atoms with Gasteiger partial charge in [0.25, 0.3) is 10.0 Å². The van der Waals surface area contributed by atoms with Crippen LogP contribution in [-0.4, -0.2) is 33.5 Å². The van der Waals surface area contributed by atoms with Crippen molar-refractivity contribution in [3.05, 3.63) is 35.6 Å². The van der Waals surface area contributed by atoms with Gasteiger partial charge in [-0.3, -0.25) is 4.72 Å². The average molecular weight is 304 g/mol. The molecular weight excluding hydrogens is 290 g/mol. The van der Waals surface area contributed by atoms with E-state index in [2.05, 4.69) is 9.46 Å². The number of rotatable bonds is 4. The second-order valence-corrected chi connectivity index (χ2v) is 5.82. The van der Waals surface area contributed by atoms with Gasteiger partial charge in [0.15, 0.2) is 11.6 Å². The summed E-state index contributed by atoms with van der Waals surface area (Å²) in [6.45, 7) is -0.848. The molecule has 0 aromatic heterocycles. The van der Waals surface area contributed by atoms with Crippen molar-refractivity contribution in [1.29, 1.82) is 0 Å². The molecule has 5 nitrogen and oxygen atoms in total. The molecule has 2 rings (SSSR count). The maximum Gasteiger partial charge on any atom is 0.387 e. The van der Waals surface area contributed by atoms with Gasteiger partial charge in [-0.1, -0.05) is 12.1 Å². The van der Waals surface area contributed by atoms with Gasteiger partial charge in [0.2, 0.25) is 0 Å². The Bertz CT molecular complexity index is 644. The Kier molecular flexibility index (Phi) is 3.85. The van der Waals surface area contributed by atoms with E-state index in [-0.39, 0.29) is 22.0 Å². The van der Waals surface area contributed by atoms with Gasteiger partial charge in [0.05, 0.1) is 4.90 Å². The molecule has 1 aliphatic heterocycles. The molecule has 0 fully saturated rings. The highest BCUT2D eigenvalue weighted by molar-refractivity contribution is 7.89. The van der Waals surface area contributed by atoms with E-state index in [1.807, 2.05) is 0 Å². The molecule has 0 unspecified atom stereocenters. The van der Waals surface area contributed by atoms with Crippen LogP contribution >= 0.6 is 0 Å². The number of fused-ring (bicyclic) bond motifs is 1. The van der Waals surface area contributed by atoms with Crippen LogP contribution in [0.15, 0.2) is 35.0 Å². The van der Waals surface area contributed by atoms with Crippen molar-refractivity contribution in [3.8, 4) is 0 Å². The van der Waals surface area contributed by atoms with E-state index in [1.165, 1.54) is 23.1 Å². The van der Waals surface area contributed by atoms with Gasteiger partial charge in [-0.25, -0.2) is 8.42 Å². The lowest BCUT2D eigenvalue weighted by Gasteiger charge is -2.29. The number of ether oxygens (including phenoxy) is 1. The minimum absolute atomic E-state index is 0.00602. The molecule has 20 heavy (non-hydrogen) atoms. The van der Waals surface area contributed by atoms with E-state index in [4.69, 9.17) is 0 Å². The van der Waals surface area contributed by atoms with Crippen LogP contribution in [0.2, 0.25) is 0 Å². The molecule has 0 bridgehead atoms. The molecule has 1 aliphatic rings. The summed E-state index contributed by atoms with van der Waals surface area (Å²) >= 11 is 0. The van der Waals surface area contributed by atoms with Crippen LogP contribution in [0.3, 0.4) is 0 Å². The van der Waals surface area contributed by atoms with Crippen molar-refractivity contribution in [3.63, 3.8) is 0 Å². The van der Waals surface area contributed by atoms with Crippen molar-refractivity contribution in [1.82, 2.24) is 9.62 Å². The first-order valence-corrected chi connectivity index (χ1v) is 7.37. The van der Waals surface area contributed by atoms with E-state index in [0.29, 0.717) is 6.54 Å². The Hall–Kier alpha value is -1.83. The third-order valence-electron chi connectivity index (χ3n) is 2.93. The monoisotopic (exact) mass is 304 g/mol. The lowest BCUT2D eigenvalue weighted by Crippen LogP contribution is -2.38. The van der Waals surface area contributed by atoms with Crippen molar-refractivity contribution in [2.75, 3.05) is 13.6 Å². The highest BCUT2D eigenvalue weighted by atomic mass is 32.2. The van der Waals surface area contributed by atoms with Gasteiger partial charge in [0.1, 0.15) is 0 Å². The fourth-order valence-electron chi connectivity index (χ4n) is 1.86. The molecule has 1 N–H and O–H groups in total. The minimum atomic E-state index is -3.79. The molecule has 0 saturated heterocycles. The summed E-state index contributed by atoms with van der Waals surface area (Å²) in [6.07, 6.45) is 0. The summed E-state index contributed by atoms with van der Waals surface area (Å²) in [7, 11) is -2.21. The number of alkyl halides is 2. The molecule has 0 amide bonds. The smallest absolute Gasteiger partial charge is 0.387 e. The van der Waals surface area contributed by atoms with E-state index < -0.39 is 16.6 Å². The zero-order valence-corrected chi connectivity index (χ0v) is 11.7. The summed E-state index contributed by atoms with van der Waals surface area (Å²) < 4.78 is 56.2. The molecule has 0 radical (unpaired) electrons. The molecule has 0 saturated carbocycles. The third kappa shape index (κ3) is 2.55. The molecule has 110 valence electrons. The summed E-state index contributed by atoms with van der Waals surface area (Å²) in [5.74, 6) is -0.165. The van der Waals surface area contributed by atoms with E-state index >= 15 is 0 Å². The standard InChI is InChI=1S/C12H14F2N2O3S/c1-3-16(2)11-10(19-12(13)14)8-6-4-5-7-9(8)20(17,18)15-11/h4-7,12,15H,3H2,1-2H3. The average Bonchev–Trinajstić information content (AvgIpc) is 2.40. The molecule has 0 atom stereocenters. The van der Waals surface area contributed by atoms with Crippen LogP contribution in [0, 0.1) is 0 Å². The Labute approximate surface area is 115 Å². The number of hydrogen-bond donors (Lipinski definition) is 1. The molecule has 0 spiro atoms. The number of hydrogen-bond acceptors (Lipinski definition) is 4. The van der Waals surface area contributed by atoms with E-state index in [1.54, 1.807) is 20.0 Å². The largest absolute Gasteiger partial charge is 0.430 e. The van der Waals surface area contributed by atoms with Gasteiger partial charge in [-0.05, 0) is 19.1 Å². The predicted octanol–water partition coefficient (Wildman–Crippen LogP) is 1.80. The van der Waals surface area contributed by atoms with Crippen LogP contribution in [0.25, 0.3) is 5.76 Å². The second-order valence-electron chi connectivity index (χ2n) is 4.17. The summed E-state index contributed by atoms with van der Waals surface area (Å²) in [5, 5.41) is 0. The van der Waals surface area contributed by atoms with Crippen molar-refractivity contribution in [2.45, 2.75) is 18.4 Å². The second kappa shape index (κ2) is 5.28. The van der Waals surface area contributed by atoms with Gasteiger partial charge < -0.3 is 9.64 Å². The molecule has 1 aromatic carbocycles. The normalized spacial score (nSPS) is 16.6.